The van der Waals surface area contributed by atoms with Crippen molar-refractivity contribution in [3.05, 3.63) is 11.5 Å². The highest BCUT2D eigenvalue weighted by Crippen LogP contribution is 2.37. The minimum Gasteiger partial charge on any atom is -0.480 e. The molecule has 0 fully saturated rings. The predicted molar refractivity (Wildman–Crippen MR) is 90.2 cm³/mol. The van der Waals surface area contributed by atoms with Crippen LogP contribution in [0.5, 0.6) is 5.88 Å². The second kappa shape index (κ2) is 9.94. The van der Waals surface area contributed by atoms with Crippen LogP contribution in [0.4, 0.5) is 13.2 Å². The SMILES string of the molecule is CCCCCCCC(C)(CCCC)n1nc(OC)c(C(F)F)c1F. The maximum atomic E-state index is 14.6. The molecule has 0 saturated heterocycles. The lowest BCUT2D eigenvalue weighted by molar-refractivity contribution is 0.138. The topological polar surface area (TPSA) is 27.1 Å². The van der Waals surface area contributed by atoms with Gasteiger partial charge in [-0.15, -0.1) is 5.10 Å². The van der Waals surface area contributed by atoms with E-state index in [9.17, 15) is 13.2 Å². The lowest BCUT2D eigenvalue weighted by Gasteiger charge is -2.30. The van der Waals surface area contributed by atoms with Gasteiger partial charge in [0, 0.05) is 0 Å². The highest BCUT2D eigenvalue weighted by atomic mass is 19.3. The smallest absolute Gasteiger partial charge is 0.273 e. The van der Waals surface area contributed by atoms with Crippen LogP contribution in [0.1, 0.15) is 90.5 Å². The third-order valence-electron chi connectivity index (χ3n) is 4.64. The van der Waals surface area contributed by atoms with Crippen LogP contribution in [0.3, 0.4) is 0 Å². The van der Waals surface area contributed by atoms with Crippen molar-refractivity contribution in [1.29, 1.82) is 0 Å². The third kappa shape index (κ3) is 5.15. The average Bonchev–Trinajstić information content (AvgIpc) is 2.90. The van der Waals surface area contributed by atoms with Gasteiger partial charge in [0.05, 0.1) is 12.6 Å². The molecule has 0 radical (unpaired) electrons. The van der Waals surface area contributed by atoms with E-state index in [1.165, 1.54) is 13.5 Å². The van der Waals surface area contributed by atoms with Crippen molar-refractivity contribution in [2.45, 2.75) is 90.5 Å². The first-order valence-electron chi connectivity index (χ1n) is 9.02. The molecular weight excluding hydrogens is 317 g/mol. The van der Waals surface area contributed by atoms with Gasteiger partial charge in [0.2, 0.25) is 11.8 Å². The Kier molecular flexibility index (Phi) is 8.63. The summed E-state index contributed by atoms with van der Waals surface area (Å²) >= 11 is 0. The van der Waals surface area contributed by atoms with Crippen LogP contribution in [0.15, 0.2) is 0 Å². The fraction of sp³-hybridized carbons (Fsp3) is 0.833. The Balaban J connectivity index is 3.02. The molecule has 0 spiro atoms. The van der Waals surface area contributed by atoms with Crippen LogP contribution in [-0.2, 0) is 5.54 Å². The van der Waals surface area contributed by atoms with Crippen LogP contribution >= 0.6 is 0 Å². The molecule has 1 heterocycles. The molecule has 1 aromatic heterocycles. The minimum atomic E-state index is -2.94. The Morgan fingerprint density at radius 1 is 1.04 bits per heavy atom. The molecule has 3 nitrogen and oxygen atoms in total. The van der Waals surface area contributed by atoms with Crippen molar-refractivity contribution in [2.24, 2.45) is 0 Å². The van der Waals surface area contributed by atoms with E-state index in [0.717, 1.165) is 49.6 Å². The second-order valence-electron chi connectivity index (χ2n) is 6.69. The van der Waals surface area contributed by atoms with E-state index in [1.54, 1.807) is 0 Å². The fourth-order valence-electron chi connectivity index (χ4n) is 3.09. The number of hydrogen-bond donors (Lipinski definition) is 0. The molecule has 6 heteroatoms. The Hall–Kier alpha value is -1.20. The summed E-state index contributed by atoms with van der Waals surface area (Å²) < 4.78 is 46.9. The number of nitrogens with zero attached hydrogens (tertiary/aromatic N) is 2. The maximum absolute atomic E-state index is 14.6. The van der Waals surface area contributed by atoms with Crippen LogP contribution in [0.25, 0.3) is 0 Å². The van der Waals surface area contributed by atoms with Crippen LogP contribution in [0.2, 0.25) is 0 Å². The molecular formula is C18H31F3N2O. The number of methoxy groups -OCH3 is 1. The number of aromatic nitrogens is 2. The molecule has 1 atom stereocenters. The van der Waals surface area contributed by atoms with E-state index in [1.807, 2.05) is 6.92 Å². The van der Waals surface area contributed by atoms with Gasteiger partial charge in [0.1, 0.15) is 5.56 Å². The Labute approximate surface area is 143 Å². The van der Waals surface area contributed by atoms with E-state index < -0.39 is 23.5 Å². The Bertz CT molecular complexity index is 491. The number of hydrogen-bond acceptors (Lipinski definition) is 2. The zero-order valence-corrected chi connectivity index (χ0v) is 15.4. The zero-order valence-electron chi connectivity index (χ0n) is 15.4. The molecule has 0 amide bonds. The number of ether oxygens (including phenoxy) is 1. The lowest BCUT2D eigenvalue weighted by Crippen LogP contribution is -2.33. The van der Waals surface area contributed by atoms with E-state index in [0.29, 0.717) is 6.42 Å². The first-order chi connectivity index (χ1) is 11.4. The van der Waals surface area contributed by atoms with Crippen molar-refractivity contribution in [3.63, 3.8) is 0 Å². The van der Waals surface area contributed by atoms with Gasteiger partial charge >= 0.3 is 0 Å². The summed E-state index contributed by atoms with van der Waals surface area (Å²) in [4.78, 5) is 0. The number of unbranched alkanes of at least 4 members (excludes halogenated alkanes) is 5. The monoisotopic (exact) mass is 348 g/mol. The summed E-state index contributed by atoms with van der Waals surface area (Å²) in [5, 5.41) is 4.03. The van der Waals surface area contributed by atoms with Gasteiger partial charge in [-0.1, -0.05) is 58.8 Å². The number of alkyl halides is 2. The molecule has 1 aromatic rings. The van der Waals surface area contributed by atoms with E-state index in [2.05, 4.69) is 18.9 Å². The number of rotatable bonds is 12. The summed E-state index contributed by atoms with van der Waals surface area (Å²) in [7, 11) is 1.24. The van der Waals surface area contributed by atoms with Crippen LogP contribution < -0.4 is 4.74 Å². The largest absolute Gasteiger partial charge is 0.480 e. The molecule has 140 valence electrons. The standard InChI is InChI=1S/C18H31F3N2O/c1-5-7-9-10-11-13-18(3,12-8-6-2)23-16(21)14(15(19)20)17(22-23)24-4/h15H,5-13H2,1-4H3. The molecule has 1 rings (SSSR count). The first-order valence-corrected chi connectivity index (χ1v) is 9.02. The predicted octanol–water partition coefficient (Wildman–Crippen LogP) is 6.23. The van der Waals surface area contributed by atoms with Crippen molar-refractivity contribution in [2.75, 3.05) is 7.11 Å². The van der Waals surface area contributed by atoms with E-state index in [-0.39, 0.29) is 5.88 Å². The summed E-state index contributed by atoms with van der Waals surface area (Å²) in [5.74, 6) is -1.27. The highest BCUT2D eigenvalue weighted by Gasteiger charge is 2.35. The van der Waals surface area contributed by atoms with Crippen molar-refractivity contribution < 1.29 is 17.9 Å². The van der Waals surface area contributed by atoms with Gasteiger partial charge in [0.25, 0.3) is 6.43 Å². The lowest BCUT2D eigenvalue weighted by atomic mass is 9.88. The van der Waals surface area contributed by atoms with E-state index >= 15 is 0 Å². The highest BCUT2D eigenvalue weighted by molar-refractivity contribution is 5.27. The van der Waals surface area contributed by atoms with Crippen molar-refractivity contribution in [1.82, 2.24) is 9.78 Å². The fourth-order valence-corrected chi connectivity index (χ4v) is 3.09. The van der Waals surface area contributed by atoms with Crippen molar-refractivity contribution in [3.8, 4) is 5.88 Å². The zero-order chi connectivity index (χ0) is 18.2. The minimum absolute atomic E-state index is 0.309. The van der Waals surface area contributed by atoms with Crippen LogP contribution in [-0.4, -0.2) is 16.9 Å². The van der Waals surface area contributed by atoms with Gasteiger partial charge in [-0.2, -0.15) is 4.39 Å². The van der Waals surface area contributed by atoms with Gasteiger partial charge in [-0.05, 0) is 19.8 Å². The molecule has 0 saturated carbocycles. The number of halogens is 3. The molecule has 24 heavy (non-hydrogen) atoms. The summed E-state index contributed by atoms with van der Waals surface area (Å²) in [6.45, 7) is 6.13. The molecule has 0 bridgehead atoms. The Morgan fingerprint density at radius 2 is 1.62 bits per heavy atom. The van der Waals surface area contributed by atoms with Gasteiger partial charge in [-0.25, -0.2) is 13.5 Å². The summed E-state index contributed by atoms with van der Waals surface area (Å²) in [6.07, 6.45) is 5.86. The van der Waals surface area contributed by atoms with Crippen molar-refractivity contribution >= 4 is 0 Å². The normalized spacial score (nSPS) is 14.2. The van der Waals surface area contributed by atoms with E-state index in [4.69, 9.17) is 4.74 Å². The second-order valence-corrected chi connectivity index (χ2v) is 6.69. The quantitative estimate of drug-likeness (QED) is 0.418. The van der Waals surface area contributed by atoms with Gasteiger partial charge in [-0.3, -0.25) is 0 Å². The Morgan fingerprint density at radius 3 is 2.12 bits per heavy atom. The molecule has 1 unspecified atom stereocenters. The van der Waals surface area contributed by atoms with Crippen LogP contribution in [0, 0.1) is 5.95 Å². The van der Waals surface area contributed by atoms with Gasteiger partial charge < -0.3 is 4.74 Å². The third-order valence-corrected chi connectivity index (χ3v) is 4.64. The molecule has 0 aromatic carbocycles. The molecule has 0 N–H and O–H groups in total. The summed E-state index contributed by atoms with van der Waals surface area (Å²) in [5.41, 5.74) is -1.33. The maximum Gasteiger partial charge on any atom is 0.273 e. The molecule has 0 aliphatic rings. The summed E-state index contributed by atoms with van der Waals surface area (Å²) in [6, 6.07) is 0. The average molecular weight is 348 g/mol. The molecule has 0 aliphatic carbocycles. The van der Waals surface area contributed by atoms with Gasteiger partial charge in [0.15, 0.2) is 0 Å². The first kappa shape index (κ1) is 20.8. The molecule has 0 aliphatic heterocycles.